The van der Waals surface area contributed by atoms with Crippen LogP contribution in [0.15, 0.2) is 82.6 Å². The maximum atomic E-state index is 13.6. The van der Waals surface area contributed by atoms with Gasteiger partial charge in [-0.15, -0.1) is 0 Å². The molecule has 0 spiro atoms. The zero-order valence-corrected chi connectivity index (χ0v) is 17.9. The highest BCUT2D eigenvalue weighted by atomic mass is 32.2. The molecule has 1 aliphatic rings. The van der Waals surface area contributed by atoms with Crippen LogP contribution in [0.1, 0.15) is 31.8 Å². The quantitative estimate of drug-likeness (QED) is 0.382. The number of sulfone groups is 1. The molecular formula is C24H12N2O4S2. The van der Waals surface area contributed by atoms with Crippen LogP contribution in [-0.2, 0) is 9.84 Å². The lowest BCUT2D eigenvalue weighted by Crippen LogP contribution is -2.22. The van der Waals surface area contributed by atoms with E-state index in [-0.39, 0.29) is 48.9 Å². The van der Waals surface area contributed by atoms with Crippen LogP contribution in [0.5, 0.6) is 0 Å². The molecule has 0 bridgehead atoms. The zero-order valence-electron chi connectivity index (χ0n) is 16.3. The van der Waals surface area contributed by atoms with Crippen molar-refractivity contribution in [3.63, 3.8) is 0 Å². The van der Waals surface area contributed by atoms with Crippen LogP contribution in [0.4, 0.5) is 0 Å². The molecule has 5 aromatic rings. The van der Waals surface area contributed by atoms with Gasteiger partial charge in [-0.2, -0.15) is 8.75 Å². The maximum Gasteiger partial charge on any atom is 0.208 e. The Bertz CT molecular complexity index is 1740. The van der Waals surface area contributed by atoms with E-state index in [1.807, 2.05) is 24.3 Å². The SMILES string of the molecule is O=C1c2ccccc2C(=O)c2c1cc(S(=O)(=O)c1ccc3ccccc3c1)c1nsnc21. The molecule has 0 radical (unpaired) electrons. The first kappa shape index (κ1) is 19.0. The third kappa shape index (κ3) is 2.54. The van der Waals surface area contributed by atoms with Gasteiger partial charge in [-0.3, -0.25) is 9.59 Å². The number of aromatic nitrogens is 2. The van der Waals surface area contributed by atoms with Gasteiger partial charge >= 0.3 is 0 Å². The normalized spacial score (nSPS) is 13.4. The summed E-state index contributed by atoms with van der Waals surface area (Å²) >= 11 is 0.810. The third-order valence-electron chi connectivity index (χ3n) is 5.71. The summed E-state index contributed by atoms with van der Waals surface area (Å²) in [6.45, 7) is 0. The number of nitrogens with zero attached hydrogens (tertiary/aromatic N) is 2. The van der Waals surface area contributed by atoms with Crippen molar-refractivity contribution in [2.24, 2.45) is 0 Å². The van der Waals surface area contributed by atoms with Gasteiger partial charge in [0.1, 0.15) is 15.9 Å². The molecule has 154 valence electrons. The number of benzene rings is 4. The summed E-state index contributed by atoms with van der Waals surface area (Å²) in [6.07, 6.45) is 0. The molecule has 0 saturated carbocycles. The van der Waals surface area contributed by atoms with Crippen molar-refractivity contribution in [1.82, 2.24) is 8.75 Å². The molecule has 0 aliphatic heterocycles. The standard InChI is InChI=1S/C24H12N2O4S2/c27-23-16-7-3-4-8-17(16)24(28)20-18(23)12-19(21-22(20)26-31-25-21)32(29,30)15-10-9-13-5-1-2-6-14(13)11-15/h1-12H. The first-order valence-corrected chi connectivity index (χ1v) is 11.9. The predicted octanol–water partition coefficient (Wildman–Crippen LogP) is 4.45. The van der Waals surface area contributed by atoms with Gasteiger partial charge in [0.05, 0.1) is 22.2 Å². The lowest BCUT2D eigenvalue weighted by molar-refractivity contribution is 0.0980. The highest BCUT2D eigenvalue weighted by Crippen LogP contribution is 2.37. The molecule has 0 atom stereocenters. The second kappa shape index (κ2) is 6.62. The molecular weight excluding hydrogens is 444 g/mol. The van der Waals surface area contributed by atoms with Crippen LogP contribution in [0, 0.1) is 0 Å². The Hall–Kier alpha value is -3.75. The summed E-state index contributed by atoms with van der Waals surface area (Å²) in [5, 5.41) is 1.69. The number of hydrogen-bond acceptors (Lipinski definition) is 7. The van der Waals surface area contributed by atoms with Gasteiger partial charge in [0.25, 0.3) is 0 Å². The fourth-order valence-corrected chi connectivity index (χ4v) is 6.23. The molecule has 4 aromatic carbocycles. The van der Waals surface area contributed by atoms with Crippen LogP contribution < -0.4 is 0 Å². The van der Waals surface area contributed by atoms with E-state index in [4.69, 9.17) is 0 Å². The van der Waals surface area contributed by atoms with Crippen LogP contribution >= 0.6 is 11.7 Å². The Kier molecular flexibility index (Phi) is 3.93. The summed E-state index contributed by atoms with van der Waals surface area (Å²) in [6, 6.07) is 20.1. The minimum absolute atomic E-state index is 0.0354. The zero-order chi connectivity index (χ0) is 22.0. The summed E-state index contributed by atoms with van der Waals surface area (Å²) < 4.78 is 35.7. The van der Waals surface area contributed by atoms with Crippen molar-refractivity contribution in [3.05, 3.63) is 95.1 Å². The molecule has 6 rings (SSSR count). The van der Waals surface area contributed by atoms with E-state index in [1.54, 1.807) is 36.4 Å². The molecule has 0 N–H and O–H groups in total. The molecule has 1 aromatic heterocycles. The second-order valence-electron chi connectivity index (χ2n) is 7.47. The van der Waals surface area contributed by atoms with Crippen molar-refractivity contribution in [3.8, 4) is 0 Å². The molecule has 0 fully saturated rings. The average molecular weight is 457 g/mol. The Morgan fingerprint density at radius 2 is 1.31 bits per heavy atom. The number of rotatable bonds is 2. The van der Waals surface area contributed by atoms with Crippen LogP contribution in [-0.4, -0.2) is 28.7 Å². The number of fused-ring (bicyclic) bond motifs is 5. The molecule has 8 heteroatoms. The Labute approximate surface area is 186 Å². The largest absolute Gasteiger partial charge is 0.289 e. The summed E-state index contributed by atoms with van der Waals surface area (Å²) in [5.74, 6) is -0.761. The fraction of sp³-hybridized carbons (Fsp3) is 0. The van der Waals surface area contributed by atoms with Gasteiger partial charge in [0, 0.05) is 16.7 Å². The smallest absolute Gasteiger partial charge is 0.208 e. The molecule has 0 unspecified atom stereocenters. The van der Waals surface area contributed by atoms with E-state index >= 15 is 0 Å². The van der Waals surface area contributed by atoms with Gasteiger partial charge in [0.2, 0.25) is 9.84 Å². The minimum atomic E-state index is -4.04. The maximum absolute atomic E-state index is 13.6. The first-order chi connectivity index (χ1) is 15.5. The van der Waals surface area contributed by atoms with Gasteiger partial charge in [0.15, 0.2) is 11.6 Å². The molecule has 1 aliphatic carbocycles. The Balaban J connectivity index is 1.64. The third-order valence-corrected chi connectivity index (χ3v) is 8.01. The van der Waals surface area contributed by atoms with E-state index in [1.165, 1.54) is 12.1 Å². The summed E-state index contributed by atoms with van der Waals surface area (Å²) in [7, 11) is -4.04. The first-order valence-electron chi connectivity index (χ1n) is 9.68. The highest BCUT2D eigenvalue weighted by Gasteiger charge is 2.35. The van der Waals surface area contributed by atoms with Crippen molar-refractivity contribution >= 4 is 54.9 Å². The van der Waals surface area contributed by atoms with Crippen LogP contribution in [0.3, 0.4) is 0 Å². The van der Waals surface area contributed by atoms with Gasteiger partial charge in [-0.05, 0) is 29.0 Å². The van der Waals surface area contributed by atoms with Crippen molar-refractivity contribution in [2.75, 3.05) is 0 Å². The molecule has 0 saturated heterocycles. The topological polar surface area (TPSA) is 94.1 Å². The average Bonchev–Trinajstić information content (AvgIpc) is 3.31. The van der Waals surface area contributed by atoms with E-state index in [2.05, 4.69) is 8.75 Å². The van der Waals surface area contributed by atoms with Gasteiger partial charge < -0.3 is 0 Å². The summed E-state index contributed by atoms with van der Waals surface area (Å²) in [4.78, 5) is 26.4. The lowest BCUT2D eigenvalue weighted by atomic mass is 9.83. The monoisotopic (exact) mass is 456 g/mol. The Morgan fingerprint density at radius 3 is 2.09 bits per heavy atom. The number of hydrogen-bond donors (Lipinski definition) is 0. The lowest BCUT2D eigenvalue weighted by Gasteiger charge is -2.18. The van der Waals surface area contributed by atoms with Crippen molar-refractivity contribution in [1.29, 1.82) is 0 Å². The minimum Gasteiger partial charge on any atom is -0.289 e. The van der Waals surface area contributed by atoms with Crippen LogP contribution in [0.2, 0.25) is 0 Å². The summed E-state index contributed by atoms with van der Waals surface area (Å²) in [5.41, 5.74) is 0.913. The van der Waals surface area contributed by atoms with Crippen LogP contribution in [0.25, 0.3) is 21.8 Å². The van der Waals surface area contributed by atoms with Crippen molar-refractivity contribution in [2.45, 2.75) is 9.79 Å². The molecule has 32 heavy (non-hydrogen) atoms. The molecule has 6 nitrogen and oxygen atoms in total. The predicted molar refractivity (Wildman–Crippen MR) is 120 cm³/mol. The fourth-order valence-electron chi connectivity index (χ4n) is 4.15. The number of ketones is 2. The van der Waals surface area contributed by atoms with E-state index in [9.17, 15) is 18.0 Å². The van der Waals surface area contributed by atoms with Crippen molar-refractivity contribution < 1.29 is 18.0 Å². The van der Waals surface area contributed by atoms with E-state index in [0.717, 1.165) is 22.5 Å². The molecule has 1 heterocycles. The Morgan fingerprint density at radius 1 is 0.656 bits per heavy atom. The molecule has 0 amide bonds. The van der Waals surface area contributed by atoms with E-state index < -0.39 is 15.6 Å². The number of carbonyl (C=O) groups excluding carboxylic acids is 2. The van der Waals surface area contributed by atoms with Gasteiger partial charge in [-0.1, -0.05) is 54.6 Å². The number of carbonyl (C=O) groups is 2. The highest BCUT2D eigenvalue weighted by molar-refractivity contribution is 7.91. The second-order valence-corrected chi connectivity index (χ2v) is 9.92. The van der Waals surface area contributed by atoms with Gasteiger partial charge in [-0.25, -0.2) is 8.42 Å². The van der Waals surface area contributed by atoms with E-state index in [0.29, 0.717) is 0 Å².